The van der Waals surface area contributed by atoms with Gasteiger partial charge in [-0.3, -0.25) is 25.1 Å². The van der Waals surface area contributed by atoms with Gasteiger partial charge in [0.25, 0.3) is 15.7 Å². The summed E-state index contributed by atoms with van der Waals surface area (Å²) in [6.45, 7) is 0. The third kappa shape index (κ3) is 6.08. The van der Waals surface area contributed by atoms with Crippen molar-refractivity contribution < 1.29 is 28.0 Å². The van der Waals surface area contributed by atoms with E-state index in [4.69, 9.17) is 9.84 Å². The molecule has 3 rings (SSSR count). The largest absolute Gasteiger partial charge is 0.495 e. The molecule has 1 heterocycles. The molecule has 178 valence electrons. The Labute approximate surface area is 198 Å². The van der Waals surface area contributed by atoms with Crippen LogP contribution in [0.5, 0.6) is 5.75 Å². The topological polar surface area (TPSA) is 160 Å². The first kappa shape index (κ1) is 24.7. The number of nitrogens with one attached hydrogen (secondary N) is 2. The van der Waals surface area contributed by atoms with Gasteiger partial charge in [0.1, 0.15) is 10.6 Å². The molecule has 0 aliphatic carbocycles. The van der Waals surface area contributed by atoms with Crippen LogP contribution in [0.4, 0.5) is 17.1 Å². The van der Waals surface area contributed by atoms with E-state index in [0.29, 0.717) is 10.6 Å². The maximum Gasteiger partial charge on any atom is 0.303 e. The second kappa shape index (κ2) is 10.8. The Balaban J connectivity index is 2.02. The Kier molecular flexibility index (Phi) is 7.81. The highest BCUT2D eigenvalue weighted by atomic mass is 32.2. The van der Waals surface area contributed by atoms with Gasteiger partial charge in [-0.1, -0.05) is 18.2 Å². The number of nitrogens with zero attached hydrogens (tertiary/aromatic N) is 2. The number of carboxylic acids is 1. The lowest BCUT2D eigenvalue weighted by molar-refractivity contribution is -0.385. The number of hydrogen-bond donors (Lipinski definition) is 3. The molecule has 1 aromatic heterocycles. The van der Waals surface area contributed by atoms with Crippen LogP contribution in [0.25, 0.3) is 0 Å². The average Bonchev–Trinajstić information content (AvgIpc) is 3.33. The minimum atomic E-state index is -4.32. The molecule has 11 nitrogen and oxygen atoms in total. The number of methoxy groups -OCH3 is 1. The summed E-state index contributed by atoms with van der Waals surface area (Å²) in [7, 11) is -2.94. The van der Waals surface area contributed by atoms with E-state index in [9.17, 15) is 23.3 Å². The number of non-ortho nitro benzene ring substituents is 1. The Morgan fingerprint density at radius 3 is 2.56 bits per heavy atom. The molecule has 3 N–H and O–H groups in total. The van der Waals surface area contributed by atoms with Crippen LogP contribution in [0.1, 0.15) is 17.7 Å². The summed E-state index contributed by atoms with van der Waals surface area (Å²) >= 11 is 1.34. The summed E-state index contributed by atoms with van der Waals surface area (Å²) in [5, 5.41) is 26.3. The van der Waals surface area contributed by atoms with Crippen molar-refractivity contribution in [1.82, 2.24) is 0 Å². The molecule has 0 saturated heterocycles. The fourth-order valence-electron chi connectivity index (χ4n) is 2.90. The lowest BCUT2D eigenvalue weighted by Crippen LogP contribution is -2.16. The first-order valence-corrected chi connectivity index (χ1v) is 12.1. The number of carbonyl (C=O) groups is 1. The molecule has 0 bridgehead atoms. The number of rotatable bonds is 11. The fourth-order valence-corrected chi connectivity index (χ4v) is 4.89. The highest BCUT2D eigenvalue weighted by molar-refractivity contribution is 7.93. The smallest absolute Gasteiger partial charge is 0.303 e. The summed E-state index contributed by atoms with van der Waals surface area (Å²) in [5.41, 5.74) is 2.72. The second-order valence-corrected chi connectivity index (χ2v) is 9.38. The molecule has 13 heteroatoms. The maximum absolute atomic E-state index is 13.2. The van der Waals surface area contributed by atoms with E-state index in [1.54, 1.807) is 35.7 Å². The van der Waals surface area contributed by atoms with Crippen molar-refractivity contribution in [3.8, 4) is 5.75 Å². The minimum Gasteiger partial charge on any atom is -0.495 e. The number of nitro benzene ring substituents is 1. The van der Waals surface area contributed by atoms with Crippen LogP contribution in [0.3, 0.4) is 0 Å². The Hall–Kier alpha value is -3.97. The summed E-state index contributed by atoms with van der Waals surface area (Å²) < 4.78 is 33.9. The number of ether oxygens (including phenoxy) is 1. The first-order chi connectivity index (χ1) is 16.2. The Morgan fingerprint density at radius 1 is 1.15 bits per heavy atom. The molecule has 0 aliphatic rings. The number of benzene rings is 2. The third-order valence-electron chi connectivity index (χ3n) is 4.51. The van der Waals surface area contributed by atoms with Crippen LogP contribution in [-0.2, 0) is 14.8 Å². The number of anilines is 2. The Morgan fingerprint density at radius 2 is 1.91 bits per heavy atom. The summed E-state index contributed by atoms with van der Waals surface area (Å²) in [4.78, 5) is 21.9. The molecular weight excluding hydrogens is 484 g/mol. The summed E-state index contributed by atoms with van der Waals surface area (Å²) in [6, 6.07) is 13.1. The van der Waals surface area contributed by atoms with Crippen LogP contribution in [0, 0.1) is 10.1 Å². The van der Waals surface area contributed by atoms with Gasteiger partial charge in [-0.15, -0.1) is 11.3 Å². The monoisotopic (exact) mass is 504 g/mol. The SMILES string of the molecule is COc1ccccc1NS(=O)(=O)c1cc([N+](=O)[O-])ccc1NN=C(CCC(=O)O)c1cccs1. The van der Waals surface area contributed by atoms with Crippen molar-refractivity contribution in [3.05, 3.63) is 75.0 Å². The van der Waals surface area contributed by atoms with E-state index in [1.165, 1.54) is 30.6 Å². The number of nitro groups is 1. The number of hydrazone groups is 1. The number of thiophene rings is 1. The normalized spacial score (nSPS) is 11.6. The van der Waals surface area contributed by atoms with E-state index in [-0.39, 0.29) is 30.0 Å². The lowest BCUT2D eigenvalue weighted by Gasteiger charge is -2.14. The zero-order chi connectivity index (χ0) is 24.7. The van der Waals surface area contributed by atoms with Gasteiger partial charge < -0.3 is 9.84 Å². The lowest BCUT2D eigenvalue weighted by atomic mass is 10.2. The van der Waals surface area contributed by atoms with Crippen molar-refractivity contribution >= 4 is 50.1 Å². The van der Waals surface area contributed by atoms with Gasteiger partial charge in [-0.05, 0) is 29.6 Å². The average molecular weight is 505 g/mol. The molecule has 0 spiro atoms. The highest BCUT2D eigenvalue weighted by Crippen LogP contribution is 2.31. The first-order valence-electron chi connectivity index (χ1n) is 9.74. The highest BCUT2D eigenvalue weighted by Gasteiger charge is 2.24. The van der Waals surface area contributed by atoms with Crippen LogP contribution in [-0.4, -0.2) is 37.2 Å². The Bertz CT molecular complexity index is 1320. The predicted octanol–water partition coefficient (Wildman–Crippen LogP) is 4.15. The van der Waals surface area contributed by atoms with Gasteiger partial charge in [0.15, 0.2) is 0 Å². The molecule has 0 fully saturated rings. The number of hydrogen-bond acceptors (Lipinski definition) is 9. The fraction of sp³-hybridized carbons (Fsp3) is 0.143. The quantitative estimate of drug-likeness (QED) is 0.199. The number of aliphatic carboxylic acids is 1. The molecule has 2 aromatic carbocycles. The zero-order valence-electron chi connectivity index (χ0n) is 17.8. The van der Waals surface area contributed by atoms with Gasteiger partial charge in [-0.25, -0.2) is 8.42 Å². The molecule has 0 unspecified atom stereocenters. The minimum absolute atomic E-state index is 0.0302. The van der Waals surface area contributed by atoms with Crippen LogP contribution in [0.15, 0.2) is 70.0 Å². The van der Waals surface area contributed by atoms with Gasteiger partial charge >= 0.3 is 5.97 Å². The standard InChI is InChI=1S/C21H20N4O7S2/c1-32-18-6-3-2-5-15(18)24-34(30,31)20-13-14(25(28)29)8-9-17(20)23-22-16(10-11-21(26)27)19-7-4-12-33-19/h2-9,12-13,23-24H,10-11H2,1H3,(H,26,27). The van der Waals surface area contributed by atoms with Crippen molar-refractivity contribution in [2.75, 3.05) is 17.3 Å². The van der Waals surface area contributed by atoms with Crippen molar-refractivity contribution in [2.45, 2.75) is 17.7 Å². The summed E-state index contributed by atoms with van der Waals surface area (Å²) in [5.74, 6) is -0.749. The van der Waals surface area contributed by atoms with Gasteiger partial charge in [0.05, 0.1) is 40.4 Å². The summed E-state index contributed by atoms with van der Waals surface area (Å²) in [6.07, 6.45) is -0.0867. The predicted molar refractivity (Wildman–Crippen MR) is 128 cm³/mol. The molecule has 0 radical (unpaired) electrons. The number of carboxylic acid groups (broad SMARTS) is 1. The molecule has 3 aromatic rings. The van der Waals surface area contributed by atoms with Crippen molar-refractivity contribution in [1.29, 1.82) is 0 Å². The van der Waals surface area contributed by atoms with Crippen LogP contribution >= 0.6 is 11.3 Å². The molecule has 34 heavy (non-hydrogen) atoms. The molecular formula is C21H20N4O7S2. The molecule has 0 aliphatic heterocycles. The van der Waals surface area contributed by atoms with Crippen LogP contribution < -0.4 is 14.9 Å². The molecule has 0 amide bonds. The van der Waals surface area contributed by atoms with E-state index in [2.05, 4.69) is 15.2 Å². The van der Waals surface area contributed by atoms with E-state index in [1.807, 2.05) is 0 Å². The second-order valence-electron chi connectivity index (χ2n) is 6.78. The van der Waals surface area contributed by atoms with Gasteiger partial charge in [0.2, 0.25) is 0 Å². The molecule has 0 atom stereocenters. The number of para-hydroxylation sites is 2. The van der Waals surface area contributed by atoms with Gasteiger partial charge in [0, 0.05) is 18.6 Å². The van der Waals surface area contributed by atoms with Crippen molar-refractivity contribution in [3.63, 3.8) is 0 Å². The zero-order valence-corrected chi connectivity index (χ0v) is 19.4. The van der Waals surface area contributed by atoms with Crippen LogP contribution in [0.2, 0.25) is 0 Å². The number of sulfonamides is 1. The molecule has 0 saturated carbocycles. The van der Waals surface area contributed by atoms with E-state index >= 15 is 0 Å². The third-order valence-corrected chi connectivity index (χ3v) is 6.83. The van der Waals surface area contributed by atoms with Gasteiger partial charge in [-0.2, -0.15) is 5.10 Å². The van der Waals surface area contributed by atoms with Crippen molar-refractivity contribution in [2.24, 2.45) is 5.10 Å². The van der Waals surface area contributed by atoms with E-state index < -0.39 is 31.5 Å². The maximum atomic E-state index is 13.2. The van der Waals surface area contributed by atoms with E-state index in [0.717, 1.165) is 12.1 Å².